The lowest BCUT2D eigenvalue weighted by Crippen LogP contribution is -2.00. The van der Waals surface area contributed by atoms with E-state index >= 15 is 0 Å². The molecule has 0 radical (unpaired) electrons. The molecule has 3 aromatic rings. The zero-order chi connectivity index (χ0) is 14.8. The average Bonchev–Trinajstić information content (AvgIpc) is 2.49. The van der Waals surface area contributed by atoms with Crippen LogP contribution in [0.4, 0.5) is 5.69 Å². The van der Waals surface area contributed by atoms with E-state index in [0.29, 0.717) is 11.6 Å². The van der Waals surface area contributed by atoms with Crippen molar-refractivity contribution < 1.29 is 10.2 Å². The zero-order valence-electron chi connectivity index (χ0n) is 11.2. The molecule has 0 saturated heterocycles. The number of hydrogen-bond acceptors (Lipinski definition) is 3. The fraction of sp³-hybridized carbons (Fsp3) is 0.0588. The summed E-state index contributed by atoms with van der Waals surface area (Å²) in [7, 11) is 0. The van der Waals surface area contributed by atoms with Crippen molar-refractivity contribution in [2.24, 2.45) is 0 Å². The maximum absolute atomic E-state index is 9.88. The van der Waals surface area contributed by atoms with Crippen molar-refractivity contribution in [2.75, 3.05) is 5.32 Å². The molecule has 3 nitrogen and oxygen atoms in total. The molecule has 0 bridgehead atoms. The van der Waals surface area contributed by atoms with Crippen LogP contribution in [-0.4, -0.2) is 10.2 Å². The van der Waals surface area contributed by atoms with Crippen LogP contribution in [0.1, 0.15) is 5.56 Å². The third-order valence-electron chi connectivity index (χ3n) is 3.41. The van der Waals surface area contributed by atoms with Crippen LogP contribution in [0.3, 0.4) is 0 Å². The summed E-state index contributed by atoms with van der Waals surface area (Å²) < 4.78 is 0. The van der Waals surface area contributed by atoms with E-state index < -0.39 is 0 Å². The molecule has 0 unspecified atom stereocenters. The van der Waals surface area contributed by atoms with Crippen molar-refractivity contribution in [2.45, 2.75) is 6.54 Å². The smallest absolute Gasteiger partial charge is 0.123 e. The summed E-state index contributed by atoms with van der Waals surface area (Å²) in [6.07, 6.45) is 0. The molecule has 0 atom stereocenters. The minimum Gasteiger partial charge on any atom is -0.508 e. The molecule has 3 rings (SSSR count). The Labute approximate surface area is 127 Å². The Balaban J connectivity index is 1.92. The van der Waals surface area contributed by atoms with Gasteiger partial charge in [0.1, 0.15) is 11.5 Å². The number of nitrogens with one attached hydrogen (secondary N) is 1. The van der Waals surface area contributed by atoms with Gasteiger partial charge in [-0.15, -0.1) is 0 Å². The first-order valence-electron chi connectivity index (χ1n) is 6.57. The predicted molar refractivity (Wildman–Crippen MR) is 86.1 cm³/mol. The van der Waals surface area contributed by atoms with E-state index in [9.17, 15) is 10.2 Å². The second-order valence-electron chi connectivity index (χ2n) is 4.80. The molecule has 0 aromatic heterocycles. The number of hydrogen-bond donors (Lipinski definition) is 3. The molecule has 0 aliphatic rings. The lowest BCUT2D eigenvalue weighted by Gasteiger charge is -2.11. The third kappa shape index (κ3) is 2.73. The van der Waals surface area contributed by atoms with Gasteiger partial charge in [0.05, 0.1) is 0 Å². The van der Waals surface area contributed by atoms with E-state index in [1.807, 2.05) is 24.3 Å². The Morgan fingerprint density at radius 1 is 0.857 bits per heavy atom. The number of fused-ring (bicyclic) bond motifs is 1. The number of anilines is 1. The Kier molecular flexibility index (Phi) is 3.59. The van der Waals surface area contributed by atoms with Crippen LogP contribution in [0.15, 0.2) is 54.6 Å². The summed E-state index contributed by atoms with van der Waals surface area (Å²) in [4.78, 5) is 0. The topological polar surface area (TPSA) is 52.5 Å². The number of aromatic hydroxyl groups is 2. The standard InChI is InChI=1S/C17H14ClNO2/c18-12-7-8-16(20)11(9-12)10-19-15-5-1-4-14-13(15)3-2-6-17(14)21/h1-9,19-21H,10H2. The highest BCUT2D eigenvalue weighted by Crippen LogP contribution is 2.30. The molecular formula is C17H14ClNO2. The minimum atomic E-state index is 0.204. The average molecular weight is 300 g/mol. The Morgan fingerprint density at radius 3 is 2.48 bits per heavy atom. The number of rotatable bonds is 3. The summed E-state index contributed by atoms with van der Waals surface area (Å²) in [5, 5.41) is 25.3. The molecular weight excluding hydrogens is 286 g/mol. The second-order valence-corrected chi connectivity index (χ2v) is 5.24. The molecule has 106 valence electrons. The summed E-state index contributed by atoms with van der Waals surface area (Å²) >= 11 is 5.94. The monoisotopic (exact) mass is 299 g/mol. The fourth-order valence-electron chi connectivity index (χ4n) is 2.33. The maximum atomic E-state index is 9.88. The Morgan fingerprint density at radius 2 is 1.62 bits per heavy atom. The van der Waals surface area contributed by atoms with Gasteiger partial charge in [-0.05, 0) is 30.3 Å². The van der Waals surface area contributed by atoms with Gasteiger partial charge in [-0.25, -0.2) is 0 Å². The van der Waals surface area contributed by atoms with Gasteiger partial charge in [0.25, 0.3) is 0 Å². The molecule has 3 N–H and O–H groups in total. The highest BCUT2D eigenvalue weighted by Gasteiger charge is 2.06. The molecule has 0 spiro atoms. The van der Waals surface area contributed by atoms with Crippen LogP contribution in [0.5, 0.6) is 11.5 Å². The third-order valence-corrected chi connectivity index (χ3v) is 3.64. The molecule has 0 fully saturated rings. The van der Waals surface area contributed by atoms with Gasteiger partial charge in [-0.2, -0.15) is 0 Å². The number of benzene rings is 3. The van der Waals surface area contributed by atoms with E-state index in [2.05, 4.69) is 5.32 Å². The van der Waals surface area contributed by atoms with E-state index in [1.54, 1.807) is 30.3 Å². The molecule has 4 heteroatoms. The lowest BCUT2D eigenvalue weighted by molar-refractivity contribution is 0.469. The van der Waals surface area contributed by atoms with Crippen LogP contribution in [0.2, 0.25) is 5.02 Å². The highest BCUT2D eigenvalue weighted by molar-refractivity contribution is 6.30. The van der Waals surface area contributed by atoms with Crippen molar-refractivity contribution in [3.05, 3.63) is 65.2 Å². The number of phenols is 2. The predicted octanol–water partition coefficient (Wildman–Crippen LogP) is 4.52. The zero-order valence-corrected chi connectivity index (χ0v) is 11.9. The van der Waals surface area contributed by atoms with E-state index in [0.717, 1.165) is 22.0 Å². The molecule has 3 aromatic carbocycles. The lowest BCUT2D eigenvalue weighted by atomic mass is 10.1. The van der Waals surface area contributed by atoms with Gasteiger partial charge in [0, 0.05) is 33.6 Å². The van der Waals surface area contributed by atoms with Gasteiger partial charge in [-0.3, -0.25) is 0 Å². The summed E-state index contributed by atoms with van der Waals surface area (Å²) in [5.41, 5.74) is 1.61. The maximum Gasteiger partial charge on any atom is 0.123 e. The summed E-state index contributed by atoms with van der Waals surface area (Å²) in [5.74, 6) is 0.455. The molecule has 0 aliphatic heterocycles. The Bertz CT molecular complexity index is 802. The van der Waals surface area contributed by atoms with Gasteiger partial charge in [-0.1, -0.05) is 35.9 Å². The van der Waals surface area contributed by atoms with E-state index in [4.69, 9.17) is 11.6 Å². The molecule has 0 amide bonds. The van der Waals surface area contributed by atoms with Crippen LogP contribution < -0.4 is 5.32 Å². The van der Waals surface area contributed by atoms with Gasteiger partial charge < -0.3 is 15.5 Å². The minimum absolute atomic E-state index is 0.204. The van der Waals surface area contributed by atoms with Crippen molar-refractivity contribution in [3.8, 4) is 11.5 Å². The van der Waals surface area contributed by atoms with Crippen molar-refractivity contribution in [3.63, 3.8) is 0 Å². The van der Waals surface area contributed by atoms with Gasteiger partial charge in [0.2, 0.25) is 0 Å². The van der Waals surface area contributed by atoms with Crippen LogP contribution in [0.25, 0.3) is 10.8 Å². The first-order valence-corrected chi connectivity index (χ1v) is 6.95. The van der Waals surface area contributed by atoms with Crippen LogP contribution in [-0.2, 0) is 6.54 Å². The second kappa shape index (κ2) is 5.54. The van der Waals surface area contributed by atoms with Crippen LogP contribution in [0, 0.1) is 0 Å². The van der Waals surface area contributed by atoms with E-state index in [1.165, 1.54) is 0 Å². The Hall–Kier alpha value is -2.39. The molecule has 21 heavy (non-hydrogen) atoms. The summed E-state index contributed by atoms with van der Waals surface area (Å²) in [6, 6.07) is 16.0. The van der Waals surface area contributed by atoms with Crippen LogP contribution >= 0.6 is 11.6 Å². The number of halogens is 1. The largest absolute Gasteiger partial charge is 0.508 e. The molecule has 0 heterocycles. The first kappa shape index (κ1) is 13.6. The molecule has 0 saturated carbocycles. The first-order chi connectivity index (χ1) is 10.1. The number of phenolic OH excluding ortho intramolecular Hbond substituents is 2. The fourth-order valence-corrected chi connectivity index (χ4v) is 2.53. The van der Waals surface area contributed by atoms with Crippen molar-refractivity contribution >= 4 is 28.1 Å². The molecule has 0 aliphatic carbocycles. The van der Waals surface area contributed by atoms with Gasteiger partial charge in [0.15, 0.2) is 0 Å². The summed E-state index contributed by atoms with van der Waals surface area (Å²) in [6.45, 7) is 0.446. The van der Waals surface area contributed by atoms with Crippen molar-refractivity contribution in [1.82, 2.24) is 0 Å². The van der Waals surface area contributed by atoms with Gasteiger partial charge >= 0.3 is 0 Å². The normalized spacial score (nSPS) is 10.7. The quantitative estimate of drug-likeness (QED) is 0.666. The SMILES string of the molecule is Oc1ccc(Cl)cc1CNc1cccc2c(O)cccc12. The van der Waals surface area contributed by atoms with Crippen molar-refractivity contribution in [1.29, 1.82) is 0 Å². The highest BCUT2D eigenvalue weighted by atomic mass is 35.5. The van der Waals surface area contributed by atoms with E-state index in [-0.39, 0.29) is 11.5 Å².